The van der Waals surface area contributed by atoms with Crippen molar-refractivity contribution < 1.29 is 14.7 Å². The van der Waals surface area contributed by atoms with Crippen molar-refractivity contribution in [3.63, 3.8) is 0 Å². The summed E-state index contributed by atoms with van der Waals surface area (Å²) in [6, 6.07) is 3.39. The summed E-state index contributed by atoms with van der Waals surface area (Å²) in [6.45, 7) is 0.545. The summed E-state index contributed by atoms with van der Waals surface area (Å²) in [5, 5.41) is 11.3. The average molecular weight is 265 g/mol. The number of carbonyl (C=O) groups is 2. The van der Waals surface area contributed by atoms with Gasteiger partial charge in [-0.05, 0) is 25.0 Å². The van der Waals surface area contributed by atoms with Gasteiger partial charge in [0.15, 0.2) is 0 Å². The maximum Gasteiger partial charge on any atom is 0.321 e. The minimum absolute atomic E-state index is 0.184. The van der Waals surface area contributed by atoms with Crippen LogP contribution in [-0.4, -0.2) is 35.7 Å². The van der Waals surface area contributed by atoms with Gasteiger partial charge in [0.25, 0.3) is 0 Å². The van der Waals surface area contributed by atoms with E-state index >= 15 is 0 Å². The molecule has 0 saturated heterocycles. The maximum absolute atomic E-state index is 11.8. The first-order valence-electron chi connectivity index (χ1n) is 6.24. The van der Waals surface area contributed by atoms with Crippen LogP contribution in [0.15, 0.2) is 24.5 Å². The number of anilines is 1. The van der Waals surface area contributed by atoms with Crippen molar-refractivity contribution in [3.8, 4) is 0 Å². The molecular weight excluding hydrogens is 246 g/mol. The van der Waals surface area contributed by atoms with Gasteiger partial charge in [0.05, 0.1) is 11.9 Å². The summed E-state index contributed by atoms with van der Waals surface area (Å²) in [6.07, 6.45) is 5.67. The second-order valence-corrected chi connectivity index (χ2v) is 4.21. The van der Waals surface area contributed by atoms with Crippen molar-refractivity contribution in [2.24, 2.45) is 0 Å². The molecule has 0 aliphatic heterocycles. The van der Waals surface area contributed by atoms with E-state index in [9.17, 15) is 9.59 Å². The van der Waals surface area contributed by atoms with Crippen LogP contribution < -0.4 is 10.2 Å². The smallest absolute Gasteiger partial charge is 0.321 e. The van der Waals surface area contributed by atoms with Crippen LogP contribution in [0.3, 0.4) is 0 Å². The topological polar surface area (TPSA) is 82.5 Å². The molecule has 0 aliphatic rings. The number of urea groups is 1. The standard InChI is InChI=1S/C13H19N3O3/c1-16(11-6-5-8-14-10-11)13(19)15-9-4-2-3-7-12(17)18/h5-6,8,10H,2-4,7,9H2,1H3,(H,15,19)(H,17,18). The molecule has 1 heterocycles. The minimum atomic E-state index is -0.777. The molecule has 0 saturated carbocycles. The van der Waals surface area contributed by atoms with Crippen LogP contribution in [0.25, 0.3) is 0 Å². The molecule has 1 aromatic rings. The molecule has 0 unspecified atom stereocenters. The second kappa shape index (κ2) is 8.07. The molecule has 0 fully saturated rings. The summed E-state index contributed by atoms with van der Waals surface area (Å²) in [5.41, 5.74) is 0.728. The van der Waals surface area contributed by atoms with E-state index in [0.29, 0.717) is 13.0 Å². The molecule has 104 valence electrons. The molecule has 1 aromatic heterocycles. The first-order chi connectivity index (χ1) is 9.11. The van der Waals surface area contributed by atoms with Gasteiger partial charge in [0, 0.05) is 26.2 Å². The third-order valence-electron chi connectivity index (χ3n) is 2.68. The Labute approximate surface area is 112 Å². The molecule has 0 aromatic carbocycles. The number of carbonyl (C=O) groups excluding carboxylic acids is 1. The number of hydrogen-bond acceptors (Lipinski definition) is 3. The van der Waals surface area contributed by atoms with Gasteiger partial charge in [-0.15, -0.1) is 0 Å². The SMILES string of the molecule is CN(C(=O)NCCCCCC(=O)O)c1cccnc1. The summed E-state index contributed by atoms with van der Waals surface area (Å²) in [5.74, 6) is -0.777. The van der Waals surface area contributed by atoms with Crippen LogP contribution in [0.2, 0.25) is 0 Å². The van der Waals surface area contributed by atoms with Crippen LogP contribution in [0.4, 0.5) is 10.5 Å². The minimum Gasteiger partial charge on any atom is -0.481 e. The number of unbranched alkanes of at least 4 members (excludes halogenated alkanes) is 2. The number of carboxylic acid groups (broad SMARTS) is 1. The Morgan fingerprint density at radius 1 is 1.37 bits per heavy atom. The van der Waals surface area contributed by atoms with Gasteiger partial charge in [-0.2, -0.15) is 0 Å². The Morgan fingerprint density at radius 2 is 2.16 bits per heavy atom. The number of carboxylic acids is 1. The average Bonchev–Trinajstić information content (AvgIpc) is 2.42. The molecule has 0 bridgehead atoms. The number of aliphatic carboxylic acids is 1. The molecular formula is C13H19N3O3. The van der Waals surface area contributed by atoms with Gasteiger partial charge in [-0.3, -0.25) is 14.7 Å². The normalized spacial score (nSPS) is 9.95. The monoisotopic (exact) mass is 265 g/mol. The lowest BCUT2D eigenvalue weighted by Gasteiger charge is -2.17. The Morgan fingerprint density at radius 3 is 2.79 bits per heavy atom. The van der Waals surface area contributed by atoms with Crippen LogP contribution in [-0.2, 0) is 4.79 Å². The van der Waals surface area contributed by atoms with E-state index in [1.807, 2.05) is 0 Å². The lowest BCUT2D eigenvalue weighted by Crippen LogP contribution is -2.37. The van der Waals surface area contributed by atoms with Crippen molar-refractivity contribution in [2.75, 3.05) is 18.5 Å². The highest BCUT2D eigenvalue weighted by atomic mass is 16.4. The highest BCUT2D eigenvalue weighted by Gasteiger charge is 2.09. The number of aromatic nitrogens is 1. The molecule has 2 N–H and O–H groups in total. The highest BCUT2D eigenvalue weighted by molar-refractivity contribution is 5.91. The molecule has 0 atom stereocenters. The van der Waals surface area contributed by atoms with Gasteiger partial charge >= 0.3 is 12.0 Å². The zero-order valence-electron chi connectivity index (χ0n) is 11.0. The fourth-order valence-corrected chi connectivity index (χ4v) is 1.56. The Hall–Kier alpha value is -2.11. The number of nitrogens with one attached hydrogen (secondary N) is 1. The van der Waals surface area contributed by atoms with Crippen LogP contribution in [0.1, 0.15) is 25.7 Å². The number of nitrogens with zero attached hydrogens (tertiary/aromatic N) is 2. The van der Waals surface area contributed by atoms with Crippen LogP contribution in [0.5, 0.6) is 0 Å². The van der Waals surface area contributed by atoms with E-state index in [1.165, 1.54) is 4.90 Å². The van der Waals surface area contributed by atoms with Crippen LogP contribution >= 0.6 is 0 Å². The van der Waals surface area contributed by atoms with E-state index in [-0.39, 0.29) is 12.5 Å². The number of amides is 2. The van der Waals surface area contributed by atoms with Gasteiger partial charge in [-0.1, -0.05) is 6.42 Å². The van der Waals surface area contributed by atoms with E-state index in [2.05, 4.69) is 10.3 Å². The second-order valence-electron chi connectivity index (χ2n) is 4.21. The number of pyridine rings is 1. The Balaban J connectivity index is 2.19. The summed E-state index contributed by atoms with van der Waals surface area (Å²) in [4.78, 5) is 27.5. The predicted molar refractivity (Wildman–Crippen MR) is 72.1 cm³/mol. The first-order valence-corrected chi connectivity index (χ1v) is 6.24. The Kier molecular flexibility index (Phi) is 6.35. The van der Waals surface area contributed by atoms with Crippen molar-refractivity contribution in [2.45, 2.75) is 25.7 Å². The van der Waals surface area contributed by atoms with Crippen molar-refractivity contribution >= 4 is 17.7 Å². The van der Waals surface area contributed by atoms with E-state index in [1.54, 1.807) is 31.6 Å². The molecule has 6 heteroatoms. The van der Waals surface area contributed by atoms with Crippen molar-refractivity contribution in [3.05, 3.63) is 24.5 Å². The fraction of sp³-hybridized carbons (Fsp3) is 0.462. The zero-order chi connectivity index (χ0) is 14.1. The molecule has 0 radical (unpaired) electrons. The third kappa shape index (κ3) is 5.85. The quantitative estimate of drug-likeness (QED) is 0.737. The molecule has 2 amide bonds. The largest absolute Gasteiger partial charge is 0.481 e. The lowest BCUT2D eigenvalue weighted by molar-refractivity contribution is -0.137. The number of hydrogen-bond donors (Lipinski definition) is 2. The molecule has 0 spiro atoms. The summed E-state index contributed by atoms with van der Waals surface area (Å²) >= 11 is 0. The lowest BCUT2D eigenvalue weighted by atomic mass is 10.2. The van der Waals surface area contributed by atoms with E-state index < -0.39 is 5.97 Å². The van der Waals surface area contributed by atoms with Crippen LogP contribution in [0, 0.1) is 0 Å². The van der Waals surface area contributed by atoms with Gasteiger partial charge in [-0.25, -0.2) is 4.79 Å². The molecule has 6 nitrogen and oxygen atoms in total. The van der Waals surface area contributed by atoms with E-state index in [4.69, 9.17) is 5.11 Å². The van der Waals surface area contributed by atoms with Gasteiger partial charge < -0.3 is 10.4 Å². The molecule has 19 heavy (non-hydrogen) atoms. The van der Waals surface area contributed by atoms with E-state index in [0.717, 1.165) is 18.5 Å². The zero-order valence-corrected chi connectivity index (χ0v) is 11.0. The third-order valence-corrected chi connectivity index (χ3v) is 2.68. The summed E-state index contributed by atoms with van der Waals surface area (Å²) in [7, 11) is 1.68. The van der Waals surface area contributed by atoms with Crippen molar-refractivity contribution in [1.82, 2.24) is 10.3 Å². The molecule has 0 aliphatic carbocycles. The number of rotatable bonds is 7. The molecule has 1 rings (SSSR count). The van der Waals surface area contributed by atoms with Gasteiger partial charge in [0.1, 0.15) is 0 Å². The predicted octanol–water partition coefficient (Wildman–Crippen LogP) is 1.87. The van der Waals surface area contributed by atoms with Gasteiger partial charge in [0.2, 0.25) is 0 Å². The Bertz CT molecular complexity index is 409. The first kappa shape index (κ1) is 14.9. The summed E-state index contributed by atoms with van der Waals surface area (Å²) < 4.78 is 0. The van der Waals surface area contributed by atoms with Crippen molar-refractivity contribution in [1.29, 1.82) is 0 Å². The fourth-order valence-electron chi connectivity index (χ4n) is 1.56. The highest BCUT2D eigenvalue weighted by Crippen LogP contribution is 2.08. The maximum atomic E-state index is 11.8.